The van der Waals surface area contributed by atoms with Crippen molar-refractivity contribution in [2.75, 3.05) is 0 Å². The lowest BCUT2D eigenvalue weighted by atomic mass is 10.1. The number of aliphatic hydroxyl groups excluding tert-OH is 1. The minimum absolute atomic E-state index is 0.00236. The molecule has 4 heteroatoms. The standard InChI is InChI=1S/C9H17NO3/c1-3-6-5-8(11)7(4-2)10(6)9(12)13/h6-8,11H,3-5H2,1-2H3,(H,12,13)/t6-,7+,8?/m0/s1. The second-order valence-corrected chi connectivity index (χ2v) is 3.53. The van der Waals surface area contributed by atoms with E-state index < -0.39 is 12.2 Å². The zero-order chi connectivity index (χ0) is 10.0. The van der Waals surface area contributed by atoms with Crippen molar-refractivity contribution in [1.29, 1.82) is 0 Å². The molecule has 1 heterocycles. The molecule has 1 rings (SSSR count). The summed E-state index contributed by atoms with van der Waals surface area (Å²) in [5, 5.41) is 18.6. The van der Waals surface area contributed by atoms with Crippen molar-refractivity contribution in [1.82, 2.24) is 4.90 Å². The highest BCUT2D eigenvalue weighted by Crippen LogP contribution is 2.28. The fraction of sp³-hybridized carbons (Fsp3) is 0.889. The van der Waals surface area contributed by atoms with Crippen LogP contribution in [0.5, 0.6) is 0 Å². The summed E-state index contributed by atoms with van der Waals surface area (Å²) in [5.74, 6) is 0. The fourth-order valence-corrected chi connectivity index (χ4v) is 2.14. The Balaban J connectivity index is 2.77. The predicted molar refractivity (Wildman–Crippen MR) is 48.6 cm³/mol. The summed E-state index contributed by atoms with van der Waals surface area (Å²) in [7, 11) is 0. The number of rotatable bonds is 2. The lowest BCUT2D eigenvalue weighted by Crippen LogP contribution is -2.41. The Kier molecular flexibility index (Phi) is 3.14. The Morgan fingerprint density at radius 3 is 2.46 bits per heavy atom. The average Bonchev–Trinajstić information content (AvgIpc) is 2.41. The van der Waals surface area contributed by atoms with Gasteiger partial charge in [-0.3, -0.25) is 4.90 Å². The molecule has 0 aromatic heterocycles. The first-order valence-electron chi connectivity index (χ1n) is 4.81. The van der Waals surface area contributed by atoms with Crippen molar-refractivity contribution in [2.45, 2.75) is 51.3 Å². The molecule has 0 bridgehead atoms. The number of hydrogen-bond acceptors (Lipinski definition) is 2. The third kappa shape index (κ3) is 1.77. The molecule has 1 saturated heterocycles. The smallest absolute Gasteiger partial charge is 0.407 e. The summed E-state index contributed by atoms with van der Waals surface area (Å²) in [4.78, 5) is 12.3. The van der Waals surface area contributed by atoms with E-state index in [1.165, 1.54) is 4.90 Å². The zero-order valence-electron chi connectivity index (χ0n) is 8.10. The highest BCUT2D eigenvalue weighted by atomic mass is 16.4. The fourth-order valence-electron chi connectivity index (χ4n) is 2.14. The lowest BCUT2D eigenvalue weighted by molar-refractivity contribution is 0.0904. The van der Waals surface area contributed by atoms with Crippen LogP contribution in [0.3, 0.4) is 0 Å². The van der Waals surface area contributed by atoms with Crippen LogP contribution in [0.15, 0.2) is 0 Å². The first-order chi connectivity index (χ1) is 6.11. The van der Waals surface area contributed by atoms with Crippen LogP contribution in [0.1, 0.15) is 33.1 Å². The molecule has 0 aromatic rings. The number of likely N-dealkylation sites (tertiary alicyclic amines) is 1. The molecule has 13 heavy (non-hydrogen) atoms. The van der Waals surface area contributed by atoms with E-state index in [1.807, 2.05) is 13.8 Å². The van der Waals surface area contributed by atoms with Crippen LogP contribution in [0.2, 0.25) is 0 Å². The van der Waals surface area contributed by atoms with Gasteiger partial charge in [0.05, 0.1) is 12.1 Å². The van der Waals surface area contributed by atoms with E-state index in [4.69, 9.17) is 5.11 Å². The van der Waals surface area contributed by atoms with Gasteiger partial charge in [0.1, 0.15) is 0 Å². The maximum absolute atomic E-state index is 10.9. The van der Waals surface area contributed by atoms with Crippen LogP contribution in [0, 0.1) is 0 Å². The predicted octanol–water partition coefficient (Wildman–Crippen LogP) is 1.29. The molecule has 0 radical (unpaired) electrons. The summed E-state index contributed by atoms with van der Waals surface area (Å²) in [6.07, 6.45) is 0.659. The number of hydrogen-bond donors (Lipinski definition) is 2. The summed E-state index contributed by atoms with van der Waals surface area (Å²) in [5.41, 5.74) is 0. The Labute approximate surface area is 78.2 Å². The molecule has 1 aliphatic heterocycles. The highest BCUT2D eigenvalue weighted by Gasteiger charge is 2.40. The Bertz CT molecular complexity index is 195. The van der Waals surface area contributed by atoms with Crippen LogP contribution in [0.4, 0.5) is 4.79 Å². The molecular weight excluding hydrogens is 170 g/mol. The SMILES string of the molecule is CC[C@H]1CC(O)[C@@H](CC)N1C(=O)O. The number of aliphatic hydroxyl groups is 1. The molecule has 1 unspecified atom stereocenters. The molecule has 76 valence electrons. The van der Waals surface area contributed by atoms with E-state index in [2.05, 4.69) is 0 Å². The van der Waals surface area contributed by atoms with Gasteiger partial charge in [0.15, 0.2) is 0 Å². The lowest BCUT2D eigenvalue weighted by Gasteiger charge is -2.26. The maximum atomic E-state index is 10.9. The monoisotopic (exact) mass is 187 g/mol. The second kappa shape index (κ2) is 3.96. The molecule has 1 fully saturated rings. The van der Waals surface area contributed by atoms with Gasteiger partial charge < -0.3 is 10.2 Å². The molecule has 0 aromatic carbocycles. The molecule has 0 saturated carbocycles. The van der Waals surface area contributed by atoms with E-state index in [1.54, 1.807) is 0 Å². The molecule has 0 spiro atoms. The van der Waals surface area contributed by atoms with Gasteiger partial charge in [-0.25, -0.2) is 4.79 Å². The van der Waals surface area contributed by atoms with Gasteiger partial charge in [0, 0.05) is 6.04 Å². The van der Waals surface area contributed by atoms with Crippen molar-refractivity contribution in [2.24, 2.45) is 0 Å². The Morgan fingerprint density at radius 2 is 2.08 bits per heavy atom. The van der Waals surface area contributed by atoms with E-state index in [9.17, 15) is 9.90 Å². The molecule has 0 aliphatic carbocycles. The van der Waals surface area contributed by atoms with E-state index in [0.29, 0.717) is 12.8 Å². The van der Waals surface area contributed by atoms with Gasteiger partial charge in [-0.05, 0) is 19.3 Å². The van der Waals surface area contributed by atoms with Gasteiger partial charge in [-0.2, -0.15) is 0 Å². The molecule has 1 aliphatic rings. The van der Waals surface area contributed by atoms with Crippen molar-refractivity contribution in [3.05, 3.63) is 0 Å². The van der Waals surface area contributed by atoms with E-state index in [0.717, 1.165) is 6.42 Å². The van der Waals surface area contributed by atoms with Crippen molar-refractivity contribution in [3.63, 3.8) is 0 Å². The Morgan fingerprint density at radius 1 is 1.46 bits per heavy atom. The summed E-state index contributed by atoms with van der Waals surface area (Å²) in [6, 6.07) is -0.208. The van der Waals surface area contributed by atoms with Crippen molar-refractivity contribution >= 4 is 6.09 Å². The minimum atomic E-state index is -0.907. The molecule has 4 nitrogen and oxygen atoms in total. The van der Waals surface area contributed by atoms with Gasteiger partial charge in [0.25, 0.3) is 0 Å². The van der Waals surface area contributed by atoms with Gasteiger partial charge in [-0.15, -0.1) is 0 Å². The Hall–Kier alpha value is -0.770. The summed E-state index contributed by atoms with van der Waals surface area (Å²) < 4.78 is 0. The van der Waals surface area contributed by atoms with Gasteiger partial charge in [0.2, 0.25) is 0 Å². The van der Waals surface area contributed by atoms with Crippen molar-refractivity contribution in [3.8, 4) is 0 Å². The van der Waals surface area contributed by atoms with Crippen LogP contribution in [0.25, 0.3) is 0 Å². The normalized spacial score (nSPS) is 33.8. The van der Waals surface area contributed by atoms with Crippen molar-refractivity contribution < 1.29 is 15.0 Å². The topological polar surface area (TPSA) is 60.8 Å². The second-order valence-electron chi connectivity index (χ2n) is 3.53. The van der Waals surface area contributed by atoms with E-state index in [-0.39, 0.29) is 12.1 Å². The summed E-state index contributed by atoms with van der Waals surface area (Å²) in [6.45, 7) is 3.85. The first kappa shape index (κ1) is 10.3. The number of carboxylic acid groups (broad SMARTS) is 1. The van der Waals surface area contributed by atoms with Gasteiger partial charge >= 0.3 is 6.09 Å². The van der Waals surface area contributed by atoms with Crippen LogP contribution >= 0.6 is 0 Å². The largest absolute Gasteiger partial charge is 0.465 e. The molecule has 2 N–H and O–H groups in total. The van der Waals surface area contributed by atoms with E-state index >= 15 is 0 Å². The van der Waals surface area contributed by atoms with Crippen LogP contribution in [-0.2, 0) is 0 Å². The third-order valence-electron chi connectivity index (χ3n) is 2.82. The zero-order valence-corrected chi connectivity index (χ0v) is 8.10. The number of amides is 1. The highest BCUT2D eigenvalue weighted by molar-refractivity contribution is 5.66. The maximum Gasteiger partial charge on any atom is 0.407 e. The van der Waals surface area contributed by atoms with Crippen LogP contribution < -0.4 is 0 Å². The first-order valence-corrected chi connectivity index (χ1v) is 4.81. The molecule has 3 atom stereocenters. The third-order valence-corrected chi connectivity index (χ3v) is 2.82. The van der Waals surface area contributed by atoms with Gasteiger partial charge in [-0.1, -0.05) is 13.8 Å². The minimum Gasteiger partial charge on any atom is -0.465 e. The quantitative estimate of drug-likeness (QED) is 0.684. The molecular formula is C9H17NO3. The average molecular weight is 187 g/mol. The van der Waals surface area contributed by atoms with Crippen LogP contribution in [-0.4, -0.2) is 39.4 Å². The molecule has 1 amide bonds. The summed E-state index contributed by atoms with van der Waals surface area (Å²) >= 11 is 0. The number of nitrogens with zero attached hydrogens (tertiary/aromatic N) is 1. The number of carbonyl (C=O) groups is 1.